The third kappa shape index (κ3) is 2.61. The molecule has 0 aromatic carbocycles. The van der Waals surface area contributed by atoms with Crippen LogP contribution in [-0.4, -0.2) is 62.8 Å². The summed E-state index contributed by atoms with van der Waals surface area (Å²) in [5.74, 6) is -1.00. The second kappa shape index (κ2) is 5.77. The first-order chi connectivity index (χ1) is 9.90. The fourth-order valence-electron chi connectivity index (χ4n) is 2.07. The number of methoxy groups -OCH3 is 1. The van der Waals surface area contributed by atoms with Crippen LogP contribution in [0.2, 0.25) is 0 Å². The third-order valence-electron chi connectivity index (χ3n) is 3.16. The summed E-state index contributed by atoms with van der Waals surface area (Å²) in [5.41, 5.74) is 3.75. The number of carbonyl (C=O) groups excluding carboxylic acids is 1. The normalized spacial score (nSPS) is 28.6. The van der Waals surface area contributed by atoms with Gasteiger partial charge in [0.15, 0.2) is 6.23 Å². The van der Waals surface area contributed by atoms with E-state index in [9.17, 15) is 19.8 Å². The van der Waals surface area contributed by atoms with Crippen molar-refractivity contribution < 1.29 is 29.6 Å². The molecule has 10 nitrogen and oxygen atoms in total. The SMILES string of the molecule is COc1nc(=O)c(C(N)=O)cn1[C@@H]1O[C@H](CO)[C@@H](O)[C@H]1O. The summed E-state index contributed by atoms with van der Waals surface area (Å²) in [7, 11) is 1.23. The largest absolute Gasteiger partial charge is 0.468 e. The lowest BCUT2D eigenvalue weighted by atomic mass is 10.1. The van der Waals surface area contributed by atoms with E-state index in [4.69, 9.17) is 20.3 Å². The lowest BCUT2D eigenvalue weighted by Crippen LogP contribution is -2.34. The van der Waals surface area contributed by atoms with Crippen LogP contribution in [0.5, 0.6) is 6.01 Å². The van der Waals surface area contributed by atoms with Gasteiger partial charge in [-0.2, -0.15) is 4.98 Å². The Labute approximate surface area is 118 Å². The second-order valence-corrected chi connectivity index (χ2v) is 4.45. The molecule has 1 saturated heterocycles. The molecule has 1 fully saturated rings. The number of hydrogen-bond donors (Lipinski definition) is 4. The molecule has 0 spiro atoms. The average molecular weight is 301 g/mol. The summed E-state index contributed by atoms with van der Waals surface area (Å²) in [6.07, 6.45) is -3.96. The molecule has 5 N–H and O–H groups in total. The molecular formula is C11H15N3O7. The molecule has 2 heterocycles. The lowest BCUT2D eigenvalue weighted by molar-refractivity contribution is -0.0565. The van der Waals surface area contributed by atoms with E-state index in [1.54, 1.807) is 0 Å². The second-order valence-electron chi connectivity index (χ2n) is 4.45. The zero-order chi connectivity index (χ0) is 15.7. The van der Waals surface area contributed by atoms with Gasteiger partial charge in [-0.1, -0.05) is 0 Å². The number of rotatable bonds is 4. The Bertz CT molecular complexity index is 602. The summed E-state index contributed by atoms with van der Waals surface area (Å²) in [4.78, 5) is 26.3. The molecule has 1 amide bonds. The molecule has 0 bridgehead atoms. The average Bonchev–Trinajstić information content (AvgIpc) is 2.74. The number of hydrogen-bond acceptors (Lipinski definition) is 8. The number of aliphatic hydroxyl groups excluding tert-OH is 3. The van der Waals surface area contributed by atoms with Crippen molar-refractivity contribution >= 4 is 5.91 Å². The Morgan fingerprint density at radius 2 is 2.19 bits per heavy atom. The van der Waals surface area contributed by atoms with E-state index in [0.29, 0.717) is 0 Å². The molecule has 4 atom stereocenters. The van der Waals surface area contributed by atoms with Gasteiger partial charge in [0, 0.05) is 6.20 Å². The van der Waals surface area contributed by atoms with Gasteiger partial charge in [-0.25, -0.2) is 0 Å². The molecule has 0 radical (unpaired) electrons. The Kier molecular flexibility index (Phi) is 4.23. The molecule has 1 aliphatic rings. The van der Waals surface area contributed by atoms with Crippen LogP contribution in [-0.2, 0) is 4.74 Å². The highest BCUT2D eigenvalue weighted by Crippen LogP contribution is 2.31. The highest BCUT2D eigenvalue weighted by molar-refractivity contribution is 5.92. The highest BCUT2D eigenvalue weighted by atomic mass is 16.6. The zero-order valence-electron chi connectivity index (χ0n) is 11.0. The Hall–Kier alpha value is -2.01. The van der Waals surface area contributed by atoms with Crippen LogP contribution in [0, 0.1) is 0 Å². The minimum atomic E-state index is -1.42. The van der Waals surface area contributed by atoms with Crippen LogP contribution in [0.1, 0.15) is 16.6 Å². The number of ether oxygens (including phenoxy) is 2. The topological polar surface area (TPSA) is 157 Å². The quantitative estimate of drug-likeness (QED) is 0.457. The van der Waals surface area contributed by atoms with Crippen molar-refractivity contribution in [2.24, 2.45) is 5.73 Å². The zero-order valence-corrected chi connectivity index (χ0v) is 11.0. The fourth-order valence-corrected chi connectivity index (χ4v) is 2.07. The van der Waals surface area contributed by atoms with Crippen molar-refractivity contribution in [3.63, 3.8) is 0 Å². The molecule has 1 aromatic heterocycles. The van der Waals surface area contributed by atoms with Crippen LogP contribution in [0.25, 0.3) is 0 Å². The molecule has 21 heavy (non-hydrogen) atoms. The number of nitrogens with two attached hydrogens (primary N) is 1. The van der Waals surface area contributed by atoms with Crippen LogP contribution in [0.15, 0.2) is 11.0 Å². The predicted octanol–water partition coefficient (Wildman–Crippen LogP) is -3.04. The minimum absolute atomic E-state index is 0.236. The van der Waals surface area contributed by atoms with E-state index in [0.717, 1.165) is 10.8 Å². The summed E-state index contributed by atoms with van der Waals surface area (Å²) >= 11 is 0. The Morgan fingerprint density at radius 1 is 1.52 bits per heavy atom. The maximum absolute atomic E-state index is 11.6. The maximum Gasteiger partial charge on any atom is 0.301 e. The number of aliphatic hydroxyl groups is 3. The van der Waals surface area contributed by atoms with E-state index in [1.807, 2.05) is 0 Å². The molecule has 0 aliphatic carbocycles. The standard InChI is InChI=1S/C11H15N3O7/c1-20-11-13-9(19)4(8(12)18)2-14(11)10-7(17)6(16)5(3-15)21-10/h2,5-7,10,15-17H,3H2,1H3,(H2,12,18)/t5-,6-,7-,10-/m1/s1. The molecule has 0 unspecified atom stereocenters. The summed E-state index contributed by atoms with van der Waals surface area (Å²) in [6, 6.07) is -0.236. The first-order valence-corrected chi connectivity index (χ1v) is 6.00. The molecule has 1 aromatic rings. The molecule has 0 saturated carbocycles. The van der Waals surface area contributed by atoms with Crippen molar-refractivity contribution in [2.45, 2.75) is 24.5 Å². The summed E-state index contributed by atoms with van der Waals surface area (Å²) < 4.78 is 11.2. The monoisotopic (exact) mass is 301 g/mol. The van der Waals surface area contributed by atoms with Gasteiger partial charge in [-0.15, -0.1) is 0 Å². The van der Waals surface area contributed by atoms with E-state index >= 15 is 0 Å². The van der Waals surface area contributed by atoms with Crippen molar-refractivity contribution in [2.75, 3.05) is 13.7 Å². The summed E-state index contributed by atoms with van der Waals surface area (Å²) in [5, 5.41) is 28.7. The molecular weight excluding hydrogens is 286 g/mol. The van der Waals surface area contributed by atoms with Gasteiger partial charge in [0.25, 0.3) is 11.5 Å². The molecule has 1 aliphatic heterocycles. The van der Waals surface area contributed by atoms with Crippen molar-refractivity contribution in [3.05, 3.63) is 22.1 Å². The first kappa shape index (κ1) is 15.4. The van der Waals surface area contributed by atoms with E-state index < -0.39 is 48.2 Å². The van der Waals surface area contributed by atoms with Crippen LogP contribution in [0.4, 0.5) is 0 Å². The van der Waals surface area contributed by atoms with Gasteiger partial charge in [-0.3, -0.25) is 14.2 Å². The van der Waals surface area contributed by atoms with Gasteiger partial charge in [-0.05, 0) is 0 Å². The van der Waals surface area contributed by atoms with Gasteiger partial charge in [0.1, 0.15) is 23.9 Å². The van der Waals surface area contributed by atoms with E-state index in [2.05, 4.69) is 4.98 Å². The number of primary amides is 1. The number of amides is 1. The number of carbonyl (C=O) groups is 1. The van der Waals surface area contributed by atoms with Gasteiger partial charge < -0.3 is 30.5 Å². The Morgan fingerprint density at radius 3 is 2.67 bits per heavy atom. The van der Waals surface area contributed by atoms with Crippen LogP contribution < -0.4 is 16.0 Å². The van der Waals surface area contributed by atoms with Crippen molar-refractivity contribution in [1.82, 2.24) is 9.55 Å². The lowest BCUT2D eigenvalue weighted by Gasteiger charge is -2.20. The van der Waals surface area contributed by atoms with E-state index in [1.165, 1.54) is 7.11 Å². The van der Waals surface area contributed by atoms with Crippen molar-refractivity contribution in [1.29, 1.82) is 0 Å². The van der Waals surface area contributed by atoms with Gasteiger partial charge in [0.2, 0.25) is 0 Å². The highest BCUT2D eigenvalue weighted by Gasteiger charge is 2.44. The fraction of sp³-hybridized carbons (Fsp3) is 0.545. The van der Waals surface area contributed by atoms with Gasteiger partial charge >= 0.3 is 6.01 Å². The summed E-state index contributed by atoms with van der Waals surface area (Å²) in [6.45, 7) is -0.520. The maximum atomic E-state index is 11.6. The molecule has 2 rings (SSSR count). The minimum Gasteiger partial charge on any atom is -0.468 e. The third-order valence-corrected chi connectivity index (χ3v) is 3.16. The van der Waals surface area contributed by atoms with Gasteiger partial charge in [0.05, 0.1) is 13.7 Å². The molecule has 116 valence electrons. The number of nitrogens with zero attached hydrogens (tertiary/aromatic N) is 2. The molecule has 10 heteroatoms. The first-order valence-electron chi connectivity index (χ1n) is 6.00. The number of aromatic nitrogens is 2. The Balaban J connectivity index is 2.50. The van der Waals surface area contributed by atoms with Crippen LogP contribution in [0.3, 0.4) is 0 Å². The smallest absolute Gasteiger partial charge is 0.301 e. The predicted molar refractivity (Wildman–Crippen MR) is 66.6 cm³/mol. The van der Waals surface area contributed by atoms with Crippen molar-refractivity contribution in [3.8, 4) is 6.01 Å². The van der Waals surface area contributed by atoms with E-state index in [-0.39, 0.29) is 6.01 Å². The van der Waals surface area contributed by atoms with Crippen LogP contribution >= 0.6 is 0 Å².